The monoisotopic (exact) mass is 655 g/mol. The van der Waals surface area contributed by atoms with Crippen molar-refractivity contribution in [2.24, 2.45) is 0 Å². The Labute approximate surface area is 273 Å². The fraction of sp³-hybridized carbons (Fsp3) is 0.545. The Bertz CT molecular complexity index is 1540. The molecule has 3 rings (SSSR count). The van der Waals surface area contributed by atoms with E-state index in [0.717, 1.165) is 6.42 Å². The number of rotatable bonds is 16. The van der Waals surface area contributed by atoms with E-state index >= 15 is 0 Å². The summed E-state index contributed by atoms with van der Waals surface area (Å²) in [5, 5.41) is 20.6. The number of nitrogens with one attached hydrogen (secondary N) is 4. The standard InChI is InChI=1S/C33H45N5O9/c1-5-7-10-23(36-32(45)26-12-9-15-38(26)33(46)24(11-8-6-2)34-20(4)39)30(43)37-25(18-28(40)41)31(44)35-21-13-14-22-19(3)16-29(42)47-27(22)17-21/h13-14,16-17,23-26H,5-12,15,18H2,1-4H3,(H,34,39)(H,35,44)(H,36,45)(H,37,43)(H,40,41)/t23-,24-,25-,26-/m0/s1. The van der Waals surface area contributed by atoms with Crippen molar-refractivity contribution >= 4 is 52.2 Å². The summed E-state index contributed by atoms with van der Waals surface area (Å²) in [5.41, 5.74) is 0.560. The lowest BCUT2D eigenvalue weighted by atomic mass is 10.1. The minimum absolute atomic E-state index is 0.213. The third kappa shape index (κ3) is 10.4. The zero-order chi connectivity index (χ0) is 34.7. The molecular formula is C33H45N5O9. The van der Waals surface area contributed by atoms with Crippen molar-refractivity contribution in [3.8, 4) is 0 Å². The number of carboxylic acids is 1. The van der Waals surface area contributed by atoms with Crippen molar-refractivity contribution in [1.29, 1.82) is 0 Å². The number of hydrogen-bond acceptors (Lipinski definition) is 8. The minimum Gasteiger partial charge on any atom is -0.481 e. The molecular weight excluding hydrogens is 610 g/mol. The maximum absolute atomic E-state index is 13.5. The number of nitrogens with zero attached hydrogens (tertiary/aromatic N) is 1. The molecule has 1 aliphatic heterocycles. The Morgan fingerprint density at radius 3 is 2.26 bits per heavy atom. The molecule has 14 nitrogen and oxygen atoms in total. The first-order valence-corrected chi connectivity index (χ1v) is 16.1. The quantitative estimate of drug-likeness (QED) is 0.168. The van der Waals surface area contributed by atoms with Crippen LogP contribution in [0.3, 0.4) is 0 Å². The summed E-state index contributed by atoms with van der Waals surface area (Å²) in [4.78, 5) is 90.3. The average molecular weight is 656 g/mol. The van der Waals surface area contributed by atoms with Gasteiger partial charge in [0.15, 0.2) is 0 Å². The van der Waals surface area contributed by atoms with Crippen LogP contribution in [0.5, 0.6) is 0 Å². The molecule has 5 N–H and O–H groups in total. The maximum atomic E-state index is 13.5. The largest absolute Gasteiger partial charge is 0.481 e. The van der Waals surface area contributed by atoms with E-state index < -0.39 is 59.9 Å². The summed E-state index contributed by atoms with van der Waals surface area (Å²) < 4.78 is 5.22. The molecule has 0 radical (unpaired) electrons. The normalized spacial score (nSPS) is 16.2. The second-order valence-corrected chi connectivity index (χ2v) is 11.9. The van der Waals surface area contributed by atoms with Crippen LogP contribution >= 0.6 is 0 Å². The molecule has 47 heavy (non-hydrogen) atoms. The molecule has 1 saturated heterocycles. The van der Waals surface area contributed by atoms with Gasteiger partial charge in [-0.1, -0.05) is 39.5 Å². The van der Waals surface area contributed by atoms with Crippen LogP contribution in [0.4, 0.5) is 5.69 Å². The third-order valence-electron chi connectivity index (χ3n) is 8.07. The van der Waals surface area contributed by atoms with E-state index in [1.807, 2.05) is 13.8 Å². The van der Waals surface area contributed by atoms with Crippen LogP contribution < -0.4 is 26.9 Å². The van der Waals surface area contributed by atoms with Gasteiger partial charge in [0, 0.05) is 36.7 Å². The van der Waals surface area contributed by atoms with Crippen molar-refractivity contribution in [2.45, 2.75) is 110 Å². The molecule has 0 unspecified atom stereocenters. The number of aliphatic carboxylic acids is 1. The van der Waals surface area contributed by atoms with Crippen LogP contribution in [0, 0.1) is 6.92 Å². The van der Waals surface area contributed by atoms with E-state index in [2.05, 4.69) is 21.3 Å². The molecule has 0 saturated carbocycles. The van der Waals surface area contributed by atoms with Gasteiger partial charge < -0.3 is 35.7 Å². The second kappa shape index (κ2) is 17.2. The van der Waals surface area contributed by atoms with Gasteiger partial charge >= 0.3 is 11.6 Å². The van der Waals surface area contributed by atoms with E-state index in [1.165, 1.54) is 24.0 Å². The first kappa shape index (κ1) is 36.7. The number of carbonyl (C=O) groups is 6. The molecule has 1 aliphatic rings. The van der Waals surface area contributed by atoms with Crippen molar-refractivity contribution in [3.63, 3.8) is 0 Å². The number of aryl methyl sites for hydroxylation is 1. The Hall–Kier alpha value is -4.75. The van der Waals surface area contributed by atoms with Gasteiger partial charge in [-0.05, 0) is 50.3 Å². The van der Waals surface area contributed by atoms with Gasteiger partial charge in [-0.3, -0.25) is 28.8 Å². The van der Waals surface area contributed by atoms with Crippen LogP contribution in [0.2, 0.25) is 0 Å². The van der Waals surface area contributed by atoms with Crippen LogP contribution in [-0.4, -0.2) is 76.2 Å². The van der Waals surface area contributed by atoms with E-state index in [0.29, 0.717) is 56.0 Å². The molecule has 5 amide bonds. The molecule has 2 aromatic rings. The number of fused-ring (bicyclic) bond motifs is 1. The molecule has 0 spiro atoms. The molecule has 1 aromatic heterocycles. The highest BCUT2D eigenvalue weighted by atomic mass is 16.4. The molecule has 0 aliphatic carbocycles. The number of hydrogen-bond donors (Lipinski definition) is 5. The Kier molecular flexibility index (Phi) is 13.5. The van der Waals surface area contributed by atoms with Crippen LogP contribution in [0.25, 0.3) is 11.0 Å². The first-order chi connectivity index (χ1) is 22.3. The fourth-order valence-corrected chi connectivity index (χ4v) is 5.65. The van der Waals surface area contributed by atoms with Gasteiger partial charge in [0.2, 0.25) is 29.5 Å². The number of unbranched alkanes of at least 4 members (excludes halogenated alkanes) is 2. The molecule has 4 atom stereocenters. The first-order valence-electron chi connectivity index (χ1n) is 16.1. The fourth-order valence-electron chi connectivity index (χ4n) is 5.65. The zero-order valence-corrected chi connectivity index (χ0v) is 27.4. The Morgan fingerprint density at radius 1 is 0.936 bits per heavy atom. The molecule has 2 heterocycles. The summed E-state index contributed by atoms with van der Waals surface area (Å²) in [6.45, 7) is 7.27. The molecule has 1 aromatic carbocycles. The summed E-state index contributed by atoms with van der Waals surface area (Å²) in [6.07, 6.45) is 3.62. The van der Waals surface area contributed by atoms with Crippen molar-refractivity contribution in [2.75, 3.05) is 11.9 Å². The predicted molar refractivity (Wildman–Crippen MR) is 173 cm³/mol. The number of benzene rings is 1. The van der Waals surface area contributed by atoms with Crippen LogP contribution in [0.15, 0.2) is 33.5 Å². The molecule has 256 valence electrons. The lowest BCUT2D eigenvalue weighted by Gasteiger charge is -2.30. The number of amides is 5. The number of likely N-dealkylation sites (tertiary alicyclic amines) is 1. The number of carboxylic acid groups (broad SMARTS) is 1. The number of carbonyl (C=O) groups excluding carboxylic acids is 5. The SMILES string of the molecule is CCCC[C@H](NC(=O)[C@@H]1CCCN1C(=O)[C@H](CCCC)NC(C)=O)C(=O)N[C@@H](CC(=O)O)C(=O)Nc1ccc2c(C)cc(=O)oc2c1. The predicted octanol–water partition coefficient (Wildman–Crippen LogP) is 2.36. The van der Waals surface area contributed by atoms with Crippen molar-refractivity contribution < 1.29 is 38.3 Å². The Morgan fingerprint density at radius 2 is 1.62 bits per heavy atom. The topological polar surface area (TPSA) is 204 Å². The van der Waals surface area contributed by atoms with Crippen molar-refractivity contribution in [3.05, 3.63) is 40.2 Å². The zero-order valence-electron chi connectivity index (χ0n) is 27.4. The smallest absolute Gasteiger partial charge is 0.336 e. The maximum Gasteiger partial charge on any atom is 0.336 e. The van der Waals surface area contributed by atoms with Crippen LogP contribution in [-0.2, 0) is 28.8 Å². The lowest BCUT2D eigenvalue weighted by molar-refractivity contribution is -0.142. The molecule has 0 bridgehead atoms. The lowest BCUT2D eigenvalue weighted by Crippen LogP contribution is -2.57. The third-order valence-corrected chi connectivity index (χ3v) is 8.07. The average Bonchev–Trinajstić information content (AvgIpc) is 3.50. The van der Waals surface area contributed by atoms with Gasteiger partial charge in [0.25, 0.3) is 0 Å². The summed E-state index contributed by atoms with van der Waals surface area (Å²) in [6, 6.07) is 1.75. The highest BCUT2D eigenvalue weighted by Gasteiger charge is 2.39. The van der Waals surface area contributed by atoms with Crippen LogP contribution in [0.1, 0.15) is 84.1 Å². The van der Waals surface area contributed by atoms with Crippen molar-refractivity contribution in [1.82, 2.24) is 20.9 Å². The van der Waals surface area contributed by atoms with Gasteiger partial charge in [-0.2, -0.15) is 0 Å². The molecule has 1 fully saturated rings. The highest BCUT2D eigenvalue weighted by molar-refractivity contribution is 6.01. The number of anilines is 1. The van der Waals surface area contributed by atoms with Gasteiger partial charge in [-0.25, -0.2) is 4.79 Å². The molecule has 14 heteroatoms. The summed E-state index contributed by atoms with van der Waals surface area (Å²) >= 11 is 0. The minimum atomic E-state index is -1.50. The van der Waals surface area contributed by atoms with E-state index in [-0.39, 0.29) is 29.5 Å². The van der Waals surface area contributed by atoms with Gasteiger partial charge in [0.05, 0.1) is 6.42 Å². The highest BCUT2D eigenvalue weighted by Crippen LogP contribution is 2.22. The van der Waals surface area contributed by atoms with E-state index in [1.54, 1.807) is 19.1 Å². The van der Waals surface area contributed by atoms with Gasteiger partial charge in [-0.15, -0.1) is 0 Å². The van der Waals surface area contributed by atoms with E-state index in [9.17, 15) is 38.7 Å². The van der Waals surface area contributed by atoms with Gasteiger partial charge in [0.1, 0.15) is 29.8 Å². The summed E-state index contributed by atoms with van der Waals surface area (Å²) in [5.74, 6) is -4.16. The van der Waals surface area contributed by atoms with E-state index in [4.69, 9.17) is 4.42 Å². The Balaban J connectivity index is 1.75. The summed E-state index contributed by atoms with van der Waals surface area (Å²) in [7, 11) is 0. The second-order valence-electron chi connectivity index (χ2n) is 11.9.